The van der Waals surface area contributed by atoms with E-state index >= 15 is 0 Å². The normalized spacial score (nSPS) is 9.97. The smallest absolute Gasteiger partial charge is 0.308 e. The number of benzene rings is 2. The summed E-state index contributed by atoms with van der Waals surface area (Å²) in [5.41, 5.74) is 2.37. The fraction of sp³-hybridized carbons (Fsp3) is 0.174. The second-order valence-corrected chi connectivity index (χ2v) is 7.33. The molecule has 0 spiro atoms. The molecule has 6 nitrogen and oxygen atoms in total. The molecular formula is C23H20N2O4S. The Bertz CT molecular complexity index is 1110. The van der Waals surface area contributed by atoms with Gasteiger partial charge in [-0.05, 0) is 54.8 Å². The van der Waals surface area contributed by atoms with Gasteiger partial charge in [0.2, 0.25) is 0 Å². The molecule has 0 unspecified atom stereocenters. The van der Waals surface area contributed by atoms with E-state index < -0.39 is 0 Å². The van der Waals surface area contributed by atoms with E-state index in [-0.39, 0.29) is 11.9 Å². The van der Waals surface area contributed by atoms with E-state index in [0.717, 1.165) is 16.9 Å². The van der Waals surface area contributed by atoms with Crippen LogP contribution in [0.25, 0.3) is 0 Å². The third-order valence-electron chi connectivity index (χ3n) is 4.04. The van der Waals surface area contributed by atoms with Crippen molar-refractivity contribution < 1.29 is 19.1 Å². The minimum Gasteiger partial charge on any atom is -0.497 e. The molecular weight excluding hydrogens is 400 g/mol. The predicted molar refractivity (Wildman–Crippen MR) is 115 cm³/mol. The molecule has 0 radical (unpaired) electrons. The Morgan fingerprint density at radius 3 is 2.33 bits per heavy atom. The second kappa shape index (κ2) is 9.72. The number of ether oxygens (including phenoxy) is 2. The molecule has 0 saturated carbocycles. The maximum atomic E-state index is 12.5. The van der Waals surface area contributed by atoms with Gasteiger partial charge in [-0.3, -0.25) is 9.59 Å². The summed E-state index contributed by atoms with van der Waals surface area (Å²) < 4.78 is 10.1. The zero-order valence-corrected chi connectivity index (χ0v) is 17.6. The Hall–Kier alpha value is -3.63. The van der Waals surface area contributed by atoms with Crippen LogP contribution in [0, 0.1) is 18.8 Å². The topological polar surface area (TPSA) is 77.5 Å². The van der Waals surface area contributed by atoms with Gasteiger partial charge in [-0.15, -0.1) is 11.3 Å². The summed E-state index contributed by atoms with van der Waals surface area (Å²) in [6, 6.07) is 14.4. The van der Waals surface area contributed by atoms with Crippen LogP contribution in [0.5, 0.6) is 11.5 Å². The van der Waals surface area contributed by atoms with Crippen LogP contribution < -0.4 is 14.8 Å². The maximum Gasteiger partial charge on any atom is 0.308 e. The summed E-state index contributed by atoms with van der Waals surface area (Å²) in [6.07, 6.45) is 0. The Morgan fingerprint density at radius 1 is 1.03 bits per heavy atom. The van der Waals surface area contributed by atoms with Crippen molar-refractivity contribution in [3.8, 4) is 23.3 Å². The molecule has 2 aromatic carbocycles. The first-order valence-electron chi connectivity index (χ1n) is 9.13. The molecule has 0 atom stereocenters. The van der Waals surface area contributed by atoms with Crippen LogP contribution in [0.2, 0.25) is 0 Å². The maximum absolute atomic E-state index is 12.5. The molecule has 1 aromatic heterocycles. The van der Waals surface area contributed by atoms with Crippen LogP contribution in [0.15, 0.2) is 48.5 Å². The van der Waals surface area contributed by atoms with Crippen LogP contribution in [-0.4, -0.2) is 24.0 Å². The van der Waals surface area contributed by atoms with Crippen molar-refractivity contribution >= 4 is 23.2 Å². The molecule has 0 saturated heterocycles. The van der Waals surface area contributed by atoms with E-state index in [1.165, 1.54) is 18.3 Å². The largest absolute Gasteiger partial charge is 0.497 e. The van der Waals surface area contributed by atoms with Crippen molar-refractivity contribution in [3.63, 3.8) is 0 Å². The summed E-state index contributed by atoms with van der Waals surface area (Å²) in [5.74, 6) is 6.67. The van der Waals surface area contributed by atoms with Gasteiger partial charge in [0.25, 0.3) is 5.91 Å². The number of carbonyl (C=O) groups is 2. The lowest BCUT2D eigenvalue weighted by atomic mass is 10.2. The third kappa shape index (κ3) is 5.69. The number of nitrogens with zero attached hydrogens (tertiary/aromatic N) is 1. The highest BCUT2D eigenvalue weighted by molar-refractivity contribution is 7.14. The Kier molecular flexibility index (Phi) is 6.83. The van der Waals surface area contributed by atoms with Gasteiger partial charge in [0.05, 0.1) is 12.8 Å². The zero-order chi connectivity index (χ0) is 21.5. The van der Waals surface area contributed by atoms with Gasteiger partial charge in [-0.2, -0.15) is 0 Å². The highest BCUT2D eigenvalue weighted by Gasteiger charge is 2.14. The van der Waals surface area contributed by atoms with Crippen LogP contribution >= 0.6 is 11.3 Å². The lowest BCUT2D eigenvalue weighted by Crippen LogP contribution is -2.22. The molecule has 30 heavy (non-hydrogen) atoms. The van der Waals surface area contributed by atoms with Crippen molar-refractivity contribution in [2.24, 2.45) is 0 Å². The predicted octanol–water partition coefficient (Wildman–Crippen LogP) is 3.72. The average Bonchev–Trinajstić information content (AvgIpc) is 3.12. The number of rotatable bonds is 5. The molecule has 0 aliphatic heterocycles. The molecule has 3 aromatic rings. The number of aryl methyl sites for hydroxylation is 1. The van der Waals surface area contributed by atoms with Crippen molar-refractivity contribution in [1.29, 1.82) is 0 Å². The van der Waals surface area contributed by atoms with Crippen LogP contribution in [-0.2, 0) is 11.3 Å². The minimum atomic E-state index is -0.370. The van der Waals surface area contributed by atoms with Gasteiger partial charge < -0.3 is 14.8 Å². The first kappa shape index (κ1) is 21.1. The van der Waals surface area contributed by atoms with Crippen LogP contribution in [0.3, 0.4) is 0 Å². The number of hydrogen-bond acceptors (Lipinski definition) is 6. The van der Waals surface area contributed by atoms with Gasteiger partial charge in [0, 0.05) is 19.0 Å². The molecule has 0 aliphatic rings. The van der Waals surface area contributed by atoms with Crippen LogP contribution in [0.4, 0.5) is 0 Å². The first-order valence-corrected chi connectivity index (χ1v) is 9.95. The third-order valence-corrected chi connectivity index (χ3v) is 5.12. The quantitative estimate of drug-likeness (QED) is 0.387. The van der Waals surface area contributed by atoms with E-state index in [9.17, 15) is 9.59 Å². The highest BCUT2D eigenvalue weighted by atomic mass is 32.1. The lowest BCUT2D eigenvalue weighted by Gasteiger charge is -2.05. The van der Waals surface area contributed by atoms with Gasteiger partial charge in [0.15, 0.2) is 5.01 Å². The number of hydrogen-bond donors (Lipinski definition) is 1. The van der Waals surface area contributed by atoms with Gasteiger partial charge in [-0.1, -0.05) is 18.1 Å². The molecule has 1 N–H and O–H groups in total. The summed E-state index contributed by atoms with van der Waals surface area (Å²) in [5, 5.41) is 3.46. The van der Waals surface area contributed by atoms with E-state index in [2.05, 4.69) is 22.1 Å². The highest BCUT2D eigenvalue weighted by Crippen LogP contribution is 2.18. The molecule has 152 valence electrons. The molecule has 7 heteroatoms. The number of nitrogens with one attached hydrogen (secondary N) is 1. The standard InChI is InChI=1S/C23H20N2O4S/c1-15-22(23(27)24-14-18-6-9-19(28-3)10-7-18)30-21(25-15)13-8-17-4-11-20(12-5-17)29-16(2)26/h4-7,9-12H,14H2,1-3H3,(H,24,27). The summed E-state index contributed by atoms with van der Waals surface area (Å²) >= 11 is 1.25. The number of aromatic nitrogens is 1. The zero-order valence-electron chi connectivity index (χ0n) is 16.8. The number of amides is 1. The van der Waals surface area contributed by atoms with E-state index in [0.29, 0.717) is 27.9 Å². The molecule has 1 heterocycles. The van der Waals surface area contributed by atoms with Crippen molar-refractivity contribution in [2.75, 3.05) is 7.11 Å². The SMILES string of the molecule is COc1ccc(CNC(=O)c2sc(C#Cc3ccc(OC(C)=O)cc3)nc2C)cc1. The van der Waals surface area contributed by atoms with Gasteiger partial charge in [0.1, 0.15) is 16.4 Å². The van der Waals surface area contributed by atoms with Crippen molar-refractivity contribution in [2.45, 2.75) is 20.4 Å². The van der Waals surface area contributed by atoms with Crippen molar-refractivity contribution in [3.05, 3.63) is 75.2 Å². The average molecular weight is 420 g/mol. The fourth-order valence-electron chi connectivity index (χ4n) is 2.56. The van der Waals surface area contributed by atoms with E-state index in [4.69, 9.17) is 9.47 Å². The molecule has 1 amide bonds. The van der Waals surface area contributed by atoms with Gasteiger partial charge >= 0.3 is 5.97 Å². The summed E-state index contributed by atoms with van der Waals surface area (Å²) in [4.78, 5) is 28.4. The van der Waals surface area contributed by atoms with Crippen LogP contribution in [0.1, 0.15) is 38.4 Å². The summed E-state index contributed by atoms with van der Waals surface area (Å²) in [6.45, 7) is 3.55. The monoisotopic (exact) mass is 420 g/mol. The fourth-order valence-corrected chi connectivity index (χ4v) is 3.40. The first-order chi connectivity index (χ1) is 14.4. The molecule has 0 aliphatic carbocycles. The van der Waals surface area contributed by atoms with E-state index in [1.807, 2.05) is 24.3 Å². The molecule has 3 rings (SSSR count). The Labute approximate surface area is 178 Å². The Balaban J connectivity index is 1.64. The Morgan fingerprint density at radius 2 is 1.70 bits per heavy atom. The molecule has 0 bridgehead atoms. The lowest BCUT2D eigenvalue weighted by molar-refractivity contribution is -0.131. The number of thiazole rings is 1. The second-order valence-electron chi connectivity index (χ2n) is 6.33. The summed E-state index contributed by atoms with van der Waals surface area (Å²) in [7, 11) is 1.61. The van der Waals surface area contributed by atoms with Crippen molar-refractivity contribution in [1.82, 2.24) is 10.3 Å². The number of carbonyl (C=O) groups excluding carboxylic acids is 2. The van der Waals surface area contributed by atoms with Gasteiger partial charge in [-0.25, -0.2) is 4.98 Å². The molecule has 0 fully saturated rings. The number of esters is 1. The van der Waals surface area contributed by atoms with E-state index in [1.54, 1.807) is 38.3 Å². The minimum absolute atomic E-state index is 0.181. The number of methoxy groups -OCH3 is 1.